The Morgan fingerprint density at radius 2 is 1.77 bits per heavy atom. The molecule has 0 aliphatic heterocycles. The highest BCUT2D eigenvalue weighted by Crippen LogP contribution is 2.10. The molecule has 0 bridgehead atoms. The van der Waals surface area contributed by atoms with Crippen molar-refractivity contribution in [2.75, 3.05) is 0 Å². The van der Waals surface area contributed by atoms with Gasteiger partial charge in [-0.3, -0.25) is 9.59 Å². The highest BCUT2D eigenvalue weighted by Gasteiger charge is 2.07. The van der Waals surface area contributed by atoms with E-state index in [0.717, 1.165) is 10.0 Å². The van der Waals surface area contributed by atoms with Gasteiger partial charge in [-0.05, 0) is 17.7 Å². The maximum atomic E-state index is 11.0. The van der Waals surface area contributed by atoms with Gasteiger partial charge in [0.05, 0.1) is 0 Å². The lowest BCUT2D eigenvalue weighted by Crippen LogP contribution is -2.12. The van der Waals surface area contributed by atoms with Crippen LogP contribution in [0.2, 0.25) is 0 Å². The van der Waals surface area contributed by atoms with Gasteiger partial charge in [-0.25, -0.2) is 0 Å². The number of rotatable bonds is 3. The number of Topliss-reactive ketones (excluding diaryl/α,β-unsaturated/α-hetero) is 2. The molecule has 0 amide bonds. The van der Waals surface area contributed by atoms with Crippen molar-refractivity contribution in [3.05, 3.63) is 34.3 Å². The van der Waals surface area contributed by atoms with E-state index in [4.69, 9.17) is 0 Å². The fourth-order valence-electron chi connectivity index (χ4n) is 0.912. The number of carbonyl (C=O) groups excluding carboxylic acids is 2. The van der Waals surface area contributed by atoms with E-state index < -0.39 is 0 Å². The Bertz CT molecular complexity index is 327. The van der Waals surface area contributed by atoms with Crippen LogP contribution >= 0.6 is 15.9 Å². The standard InChI is InChI=1S/C10H9BrO2/c1-7(12)10(13)6-8-2-4-9(11)5-3-8/h2-5H,6H2,1H3. The van der Waals surface area contributed by atoms with Crippen molar-refractivity contribution < 1.29 is 9.59 Å². The van der Waals surface area contributed by atoms with Gasteiger partial charge in [0.25, 0.3) is 0 Å². The maximum absolute atomic E-state index is 11.0. The first-order valence-electron chi connectivity index (χ1n) is 3.88. The van der Waals surface area contributed by atoms with Gasteiger partial charge in [0, 0.05) is 17.8 Å². The first kappa shape index (κ1) is 10.1. The van der Waals surface area contributed by atoms with Gasteiger partial charge in [0.15, 0.2) is 5.78 Å². The third-order valence-corrected chi connectivity index (χ3v) is 2.20. The zero-order chi connectivity index (χ0) is 9.84. The monoisotopic (exact) mass is 240 g/mol. The molecule has 0 fully saturated rings. The summed E-state index contributed by atoms with van der Waals surface area (Å²) in [7, 11) is 0. The number of benzene rings is 1. The summed E-state index contributed by atoms with van der Waals surface area (Å²) in [6.07, 6.45) is 0.197. The Morgan fingerprint density at radius 1 is 1.23 bits per heavy atom. The SMILES string of the molecule is CC(=O)C(=O)Cc1ccc(Br)cc1. The minimum atomic E-state index is -0.386. The lowest BCUT2D eigenvalue weighted by Gasteiger charge is -1.97. The molecule has 0 aromatic heterocycles. The molecule has 0 radical (unpaired) electrons. The predicted molar refractivity (Wildman–Crippen MR) is 53.5 cm³/mol. The summed E-state index contributed by atoms with van der Waals surface area (Å²) < 4.78 is 0.964. The van der Waals surface area contributed by atoms with Crippen molar-refractivity contribution >= 4 is 27.5 Å². The summed E-state index contributed by atoms with van der Waals surface area (Å²) >= 11 is 3.29. The van der Waals surface area contributed by atoms with Crippen molar-refractivity contribution in [1.82, 2.24) is 0 Å². The minimum Gasteiger partial charge on any atom is -0.291 e. The second kappa shape index (κ2) is 4.33. The van der Waals surface area contributed by atoms with Crippen molar-refractivity contribution in [1.29, 1.82) is 0 Å². The maximum Gasteiger partial charge on any atom is 0.202 e. The Kier molecular flexibility index (Phi) is 3.37. The number of hydrogen-bond donors (Lipinski definition) is 0. The Hall–Kier alpha value is -0.960. The number of halogens is 1. The van der Waals surface area contributed by atoms with Crippen molar-refractivity contribution in [3.8, 4) is 0 Å². The highest BCUT2D eigenvalue weighted by atomic mass is 79.9. The second-order valence-corrected chi connectivity index (χ2v) is 3.70. The van der Waals surface area contributed by atoms with Crippen LogP contribution in [0.4, 0.5) is 0 Å². The number of hydrogen-bond acceptors (Lipinski definition) is 2. The number of ketones is 2. The van der Waals surface area contributed by atoms with E-state index in [-0.39, 0.29) is 18.0 Å². The van der Waals surface area contributed by atoms with Gasteiger partial charge in [-0.2, -0.15) is 0 Å². The van der Waals surface area contributed by atoms with Gasteiger partial charge >= 0.3 is 0 Å². The molecule has 1 aromatic carbocycles. The Balaban J connectivity index is 2.70. The first-order valence-corrected chi connectivity index (χ1v) is 4.67. The molecule has 0 atom stereocenters. The molecular formula is C10H9BrO2. The minimum absolute atomic E-state index is 0.197. The summed E-state index contributed by atoms with van der Waals surface area (Å²) in [6, 6.07) is 7.35. The van der Waals surface area contributed by atoms with Crippen molar-refractivity contribution in [3.63, 3.8) is 0 Å². The third kappa shape index (κ3) is 3.11. The van der Waals surface area contributed by atoms with E-state index in [1.807, 2.05) is 24.3 Å². The highest BCUT2D eigenvalue weighted by molar-refractivity contribution is 9.10. The average molecular weight is 241 g/mol. The zero-order valence-corrected chi connectivity index (χ0v) is 8.80. The molecule has 1 rings (SSSR count). The first-order chi connectivity index (χ1) is 6.09. The molecular weight excluding hydrogens is 232 g/mol. The van der Waals surface area contributed by atoms with Crippen LogP contribution in [-0.4, -0.2) is 11.6 Å². The van der Waals surface area contributed by atoms with Crippen molar-refractivity contribution in [2.45, 2.75) is 13.3 Å². The number of carbonyl (C=O) groups is 2. The normalized spacial score (nSPS) is 9.69. The Labute approximate surface area is 85.1 Å². The molecule has 0 unspecified atom stereocenters. The summed E-state index contributed by atoms with van der Waals surface area (Å²) in [5.41, 5.74) is 0.864. The molecule has 0 aliphatic carbocycles. The van der Waals surface area contributed by atoms with Crippen LogP contribution in [0, 0.1) is 0 Å². The van der Waals surface area contributed by atoms with Crippen LogP contribution in [0.5, 0.6) is 0 Å². The molecule has 0 spiro atoms. The average Bonchev–Trinajstić information content (AvgIpc) is 2.08. The van der Waals surface area contributed by atoms with Crippen LogP contribution in [0.25, 0.3) is 0 Å². The van der Waals surface area contributed by atoms with Gasteiger partial charge in [0.1, 0.15) is 0 Å². The van der Waals surface area contributed by atoms with Crippen LogP contribution in [-0.2, 0) is 16.0 Å². The molecule has 0 aliphatic rings. The smallest absolute Gasteiger partial charge is 0.202 e. The summed E-state index contributed by atoms with van der Waals surface area (Å²) in [5, 5.41) is 0. The Morgan fingerprint density at radius 3 is 2.23 bits per heavy atom. The van der Waals surface area contributed by atoms with E-state index >= 15 is 0 Å². The molecule has 2 nitrogen and oxygen atoms in total. The molecule has 0 saturated carbocycles. The molecule has 3 heteroatoms. The molecule has 0 saturated heterocycles. The molecule has 13 heavy (non-hydrogen) atoms. The van der Waals surface area contributed by atoms with E-state index in [1.165, 1.54) is 6.92 Å². The van der Waals surface area contributed by atoms with Gasteiger partial charge < -0.3 is 0 Å². The molecule has 0 N–H and O–H groups in total. The quantitative estimate of drug-likeness (QED) is 0.760. The van der Waals surface area contributed by atoms with Crippen LogP contribution in [0.3, 0.4) is 0 Å². The topological polar surface area (TPSA) is 34.1 Å². The molecule has 0 heterocycles. The lowest BCUT2D eigenvalue weighted by atomic mass is 10.1. The van der Waals surface area contributed by atoms with Gasteiger partial charge in [-0.1, -0.05) is 28.1 Å². The van der Waals surface area contributed by atoms with Crippen molar-refractivity contribution in [2.24, 2.45) is 0 Å². The third-order valence-electron chi connectivity index (χ3n) is 1.67. The van der Waals surface area contributed by atoms with E-state index in [9.17, 15) is 9.59 Å². The van der Waals surface area contributed by atoms with E-state index in [0.29, 0.717) is 0 Å². The van der Waals surface area contributed by atoms with Gasteiger partial charge in [0.2, 0.25) is 5.78 Å². The largest absolute Gasteiger partial charge is 0.291 e. The zero-order valence-electron chi connectivity index (χ0n) is 7.21. The molecule has 68 valence electrons. The van der Waals surface area contributed by atoms with E-state index in [1.54, 1.807) is 0 Å². The summed E-state index contributed by atoms with van der Waals surface area (Å²) in [6.45, 7) is 1.29. The lowest BCUT2D eigenvalue weighted by molar-refractivity contribution is -0.134. The van der Waals surface area contributed by atoms with Crippen LogP contribution < -0.4 is 0 Å². The van der Waals surface area contributed by atoms with Gasteiger partial charge in [-0.15, -0.1) is 0 Å². The van der Waals surface area contributed by atoms with E-state index in [2.05, 4.69) is 15.9 Å². The second-order valence-electron chi connectivity index (χ2n) is 2.78. The summed E-state index contributed by atoms with van der Waals surface area (Å²) in [5.74, 6) is -0.731. The molecule has 1 aromatic rings. The predicted octanol–water partition coefficient (Wildman–Crippen LogP) is 2.15. The van der Waals surface area contributed by atoms with Crippen LogP contribution in [0.1, 0.15) is 12.5 Å². The fourth-order valence-corrected chi connectivity index (χ4v) is 1.18. The summed E-state index contributed by atoms with van der Waals surface area (Å²) in [4.78, 5) is 21.7. The fraction of sp³-hybridized carbons (Fsp3) is 0.200. The van der Waals surface area contributed by atoms with Crippen LogP contribution in [0.15, 0.2) is 28.7 Å².